The molecular formula is C32H38N2O8S. The zero-order valence-corrected chi connectivity index (χ0v) is 25.7. The van der Waals surface area contributed by atoms with E-state index in [9.17, 15) is 19.2 Å². The molecule has 0 bridgehead atoms. The van der Waals surface area contributed by atoms with Gasteiger partial charge in [-0.25, -0.2) is 0 Å². The number of ether oxygens (including phenoxy) is 2. The van der Waals surface area contributed by atoms with E-state index in [1.807, 2.05) is 30.3 Å². The second kappa shape index (κ2) is 13.9. The van der Waals surface area contributed by atoms with Gasteiger partial charge in [0.05, 0.1) is 36.6 Å². The van der Waals surface area contributed by atoms with E-state index in [0.29, 0.717) is 30.3 Å². The van der Waals surface area contributed by atoms with Crippen LogP contribution >= 0.6 is 11.3 Å². The van der Waals surface area contributed by atoms with Crippen molar-refractivity contribution < 1.29 is 38.9 Å². The Bertz CT molecular complexity index is 1530. The molecule has 10 nitrogen and oxygen atoms in total. The second-order valence-corrected chi connectivity index (χ2v) is 12.2. The number of fused-ring (bicyclic) bond motifs is 2. The standard InChI is InChI=1S/C32H38N2O8S/c1-18(31(37)38)9-25(35)29-14-21-11-20(26(41-3)15-28(21)43-29)7-5-6-8-33-24-12-22-16-34(17-23(22)13-27(24)42-4)30(36)10-19(2)32(39)40/h11-15,18-19,33H,5-10,16-17H2,1-4H3,(H,37,38)(H,39,40). The average Bonchev–Trinajstić information content (AvgIpc) is 3.59. The molecule has 0 saturated carbocycles. The molecule has 2 aromatic carbocycles. The molecule has 230 valence electrons. The average molecular weight is 611 g/mol. The Hall–Kier alpha value is -4.12. The van der Waals surface area contributed by atoms with Gasteiger partial charge in [0, 0.05) is 37.2 Å². The van der Waals surface area contributed by atoms with Gasteiger partial charge in [-0.15, -0.1) is 11.3 Å². The van der Waals surface area contributed by atoms with E-state index in [-0.39, 0.29) is 24.5 Å². The Kier molecular flexibility index (Phi) is 10.3. The third kappa shape index (κ3) is 7.64. The van der Waals surface area contributed by atoms with Crippen LogP contribution in [0.2, 0.25) is 0 Å². The van der Waals surface area contributed by atoms with E-state index in [4.69, 9.17) is 19.7 Å². The monoisotopic (exact) mass is 610 g/mol. The third-order valence-electron chi connectivity index (χ3n) is 7.79. The van der Waals surface area contributed by atoms with Crippen LogP contribution in [0.1, 0.15) is 65.9 Å². The van der Waals surface area contributed by atoms with Crippen LogP contribution < -0.4 is 14.8 Å². The van der Waals surface area contributed by atoms with E-state index in [1.165, 1.54) is 25.2 Å². The normalized spacial score (nSPS) is 13.8. The summed E-state index contributed by atoms with van der Waals surface area (Å²) in [6.07, 6.45) is 2.48. The number of carboxylic acids is 2. The Labute approximate surface area is 254 Å². The van der Waals surface area contributed by atoms with E-state index >= 15 is 0 Å². The zero-order chi connectivity index (χ0) is 31.3. The number of methoxy groups -OCH3 is 2. The molecule has 4 rings (SSSR count). The number of hydrogen-bond donors (Lipinski definition) is 3. The van der Waals surface area contributed by atoms with Crippen LogP contribution in [0.25, 0.3) is 10.1 Å². The molecule has 1 aliphatic heterocycles. The molecule has 3 N–H and O–H groups in total. The van der Waals surface area contributed by atoms with Crippen LogP contribution in [-0.2, 0) is 33.9 Å². The molecule has 11 heteroatoms. The SMILES string of the molecule is COc1cc2sc(C(=O)CC(C)C(=O)O)cc2cc1CCCCNc1cc2c(cc1OC)CN(C(=O)CC(C)C(=O)O)C2. The van der Waals surface area contributed by atoms with Crippen molar-refractivity contribution in [3.8, 4) is 11.5 Å². The Morgan fingerprint density at radius 2 is 1.53 bits per heavy atom. The highest BCUT2D eigenvalue weighted by Crippen LogP contribution is 2.35. The molecule has 3 aromatic rings. The van der Waals surface area contributed by atoms with Crippen LogP contribution in [0, 0.1) is 11.8 Å². The minimum absolute atomic E-state index is 0.0267. The van der Waals surface area contributed by atoms with Crippen molar-refractivity contribution in [2.45, 2.75) is 59.0 Å². The minimum atomic E-state index is -0.981. The Morgan fingerprint density at radius 1 is 0.884 bits per heavy atom. The maximum Gasteiger partial charge on any atom is 0.306 e. The molecule has 1 aliphatic rings. The van der Waals surface area contributed by atoms with Crippen molar-refractivity contribution in [2.24, 2.45) is 11.8 Å². The fourth-order valence-corrected chi connectivity index (χ4v) is 6.18. The predicted octanol–water partition coefficient (Wildman–Crippen LogP) is 5.60. The number of carbonyl (C=O) groups is 4. The summed E-state index contributed by atoms with van der Waals surface area (Å²) >= 11 is 1.35. The van der Waals surface area contributed by atoms with Crippen LogP contribution in [-0.4, -0.2) is 59.5 Å². The first kappa shape index (κ1) is 31.8. The molecule has 43 heavy (non-hydrogen) atoms. The van der Waals surface area contributed by atoms with Gasteiger partial charge in [0.25, 0.3) is 0 Å². The highest BCUT2D eigenvalue weighted by atomic mass is 32.1. The number of rotatable bonds is 15. The summed E-state index contributed by atoms with van der Waals surface area (Å²) in [7, 11) is 3.24. The van der Waals surface area contributed by atoms with Crippen molar-refractivity contribution >= 4 is 50.7 Å². The number of aryl methyl sites for hydroxylation is 1. The molecule has 1 aromatic heterocycles. The Morgan fingerprint density at radius 3 is 2.19 bits per heavy atom. The number of nitrogens with one attached hydrogen (secondary N) is 1. The lowest BCUT2D eigenvalue weighted by Crippen LogP contribution is -2.28. The highest BCUT2D eigenvalue weighted by Gasteiger charge is 2.27. The van der Waals surface area contributed by atoms with Crippen molar-refractivity contribution in [2.75, 3.05) is 26.1 Å². The van der Waals surface area contributed by atoms with Gasteiger partial charge >= 0.3 is 11.9 Å². The summed E-state index contributed by atoms with van der Waals surface area (Å²) in [5.41, 5.74) is 3.91. The summed E-state index contributed by atoms with van der Waals surface area (Å²) < 4.78 is 12.2. The van der Waals surface area contributed by atoms with Crippen LogP contribution in [0.3, 0.4) is 0 Å². The topological polar surface area (TPSA) is 142 Å². The van der Waals surface area contributed by atoms with E-state index < -0.39 is 23.8 Å². The van der Waals surface area contributed by atoms with Gasteiger partial charge in [-0.05, 0) is 71.7 Å². The zero-order valence-electron chi connectivity index (χ0n) is 24.9. The molecule has 0 fully saturated rings. The van der Waals surface area contributed by atoms with Crippen LogP contribution in [0.5, 0.6) is 11.5 Å². The number of carboxylic acid groups (broad SMARTS) is 2. The molecule has 0 radical (unpaired) electrons. The fraction of sp³-hybridized carbons (Fsp3) is 0.438. The maximum absolute atomic E-state index is 12.6. The maximum atomic E-state index is 12.6. The number of benzene rings is 2. The van der Waals surface area contributed by atoms with Gasteiger partial charge in [-0.2, -0.15) is 0 Å². The number of thiophene rings is 1. The second-order valence-electron chi connectivity index (χ2n) is 11.1. The number of ketones is 1. The first-order valence-corrected chi connectivity index (χ1v) is 15.1. The van der Waals surface area contributed by atoms with Gasteiger partial charge in [-0.3, -0.25) is 19.2 Å². The molecule has 1 amide bonds. The number of amides is 1. The van der Waals surface area contributed by atoms with Gasteiger partial charge in [0.15, 0.2) is 5.78 Å². The molecular weight excluding hydrogens is 572 g/mol. The number of Topliss-reactive ketones (excluding diaryl/α,β-unsaturated/α-hetero) is 1. The number of hydrogen-bond acceptors (Lipinski definition) is 8. The number of anilines is 1. The van der Waals surface area contributed by atoms with Crippen LogP contribution in [0.4, 0.5) is 5.69 Å². The lowest BCUT2D eigenvalue weighted by Gasteiger charge is -2.16. The van der Waals surface area contributed by atoms with Crippen LogP contribution in [0.15, 0.2) is 30.3 Å². The molecule has 0 aliphatic carbocycles. The molecule has 0 spiro atoms. The Balaban J connectivity index is 1.34. The number of carbonyl (C=O) groups excluding carboxylic acids is 2. The minimum Gasteiger partial charge on any atom is -0.496 e. The van der Waals surface area contributed by atoms with Gasteiger partial charge < -0.3 is 29.9 Å². The van der Waals surface area contributed by atoms with E-state index in [0.717, 1.165) is 57.5 Å². The largest absolute Gasteiger partial charge is 0.496 e. The molecule has 2 unspecified atom stereocenters. The lowest BCUT2D eigenvalue weighted by atomic mass is 10.0. The van der Waals surface area contributed by atoms with E-state index in [1.54, 1.807) is 19.1 Å². The summed E-state index contributed by atoms with van der Waals surface area (Å²) in [4.78, 5) is 49.7. The van der Waals surface area contributed by atoms with Gasteiger partial charge in [0.2, 0.25) is 5.91 Å². The molecule has 0 saturated heterocycles. The number of nitrogens with zero attached hydrogens (tertiary/aromatic N) is 1. The number of aliphatic carboxylic acids is 2. The van der Waals surface area contributed by atoms with Crippen molar-refractivity contribution in [1.29, 1.82) is 0 Å². The van der Waals surface area contributed by atoms with Crippen molar-refractivity contribution in [3.05, 3.63) is 51.9 Å². The molecule has 2 atom stereocenters. The first-order valence-electron chi connectivity index (χ1n) is 14.3. The highest BCUT2D eigenvalue weighted by molar-refractivity contribution is 7.20. The summed E-state index contributed by atoms with van der Waals surface area (Å²) in [6.45, 7) is 4.65. The summed E-state index contributed by atoms with van der Waals surface area (Å²) in [6, 6.07) is 9.77. The lowest BCUT2D eigenvalue weighted by molar-refractivity contribution is -0.145. The summed E-state index contributed by atoms with van der Waals surface area (Å²) in [5, 5.41) is 22.7. The van der Waals surface area contributed by atoms with Crippen molar-refractivity contribution in [1.82, 2.24) is 4.90 Å². The predicted molar refractivity (Wildman–Crippen MR) is 164 cm³/mol. The first-order chi connectivity index (χ1) is 20.5. The number of unbranched alkanes of at least 4 members (excludes halogenated alkanes) is 1. The van der Waals surface area contributed by atoms with E-state index in [2.05, 4.69) is 5.32 Å². The van der Waals surface area contributed by atoms with Crippen molar-refractivity contribution in [3.63, 3.8) is 0 Å². The smallest absolute Gasteiger partial charge is 0.306 e. The van der Waals surface area contributed by atoms with Gasteiger partial charge in [-0.1, -0.05) is 13.8 Å². The third-order valence-corrected chi connectivity index (χ3v) is 8.93. The summed E-state index contributed by atoms with van der Waals surface area (Å²) in [5.74, 6) is -2.30. The quantitative estimate of drug-likeness (QED) is 0.148. The fourth-order valence-electron chi connectivity index (χ4n) is 5.16. The van der Waals surface area contributed by atoms with Gasteiger partial charge in [0.1, 0.15) is 11.5 Å². The molecule has 2 heterocycles.